The smallest absolute Gasteiger partial charge is 0.251 e. The molecule has 5 rings (SSSR count). The normalized spacial score (nSPS) is 18.9. The average Bonchev–Trinajstić information content (AvgIpc) is 3.53. The van der Waals surface area contributed by atoms with E-state index in [2.05, 4.69) is 26.1 Å². The second-order valence-corrected chi connectivity index (χ2v) is 8.80. The van der Waals surface area contributed by atoms with E-state index in [4.69, 9.17) is 9.47 Å². The first-order chi connectivity index (χ1) is 16.6. The number of rotatable bonds is 7. The number of benzene rings is 1. The molecule has 4 heterocycles. The van der Waals surface area contributed by atoms with Gasteiger partial charge in [-0.3, -0.25) is 14.8 Å². The molecular formula is C25H29N5O4. The number of carbonyl (C=O) groups is 1. The molecule has 34 heavy (non-hydrogen) atoms. The number of ether oxygens (including phenoxy) is 2. The third-order valence-corrected chi connectivity index (χ3v) is 6.47. The minimum absolute atomic E-state index is 0.181. The van der Waals surface area contributed by atoms with Gasteiger partial charge in [0.1, 0.15) is 17.6 Å². The molecule has 0 radical (unpaired) electrons. The lowest BCUT2D eigenvalue weighted by atomic mass is 9.97. The van der Waals surface area contributed by atoms with E-state index >= 15 is 0 Å². The van der Waals surface area contributed by atoms with Crippen molar-refractivity contribution < 1.29 is 19.4 Å². The van der Waals surface area contributed by atoms with E-state index in [-0.39, 0.29) is 5.91 Å². The van der Waals surface area contributed by atoms with Gasteiger partial charge < -0.3 is 19.5 Å². The van der Waals surface area contributed by atoms with Crippen LogP contribution in [0.1, 0.15) is 24.8 Å². The van der Waals surface area contributed by atoms with Gasteiger partial charge in [-0.2, -0.15) is 5.10 Å². The highest BCUT2D eigenvalue weighted by Gasteiger charge is 2.27. The van der Waals surface area contributed by atoms with E-state index in [1.165, 1.54) is 12.5 Å². The molecule has 2 aliphatic heterocycles. The predicted molar refractivity (Wildman–Crippen MR) is 126 cm³/mol. The lowest BCUT2D eigenvalue weighted by Gasteiger charge is -2.35. The quantitative estimate of drug-likeness (QED) is 0.555. The fourth-order valence-electron chi connectivity index (χ4n) is 4.49. The molecule has 1 amide bonds. The van der Waals surface area contributed by atoms with Gasteiger partial charge in [-0.15, -0.1) is 0 Å². The third kappa shape index (κ3) is 4.90. The van der Waals surface area contributed by atoms with Crippen molar-refractivity contribution in [3.05, 3.63) is 54.4 Å². The van der Waals surface area contributed by atoms with Crippen LogP contribution in [-0.4, -0.2) is 81.4 Å². The Bertz CT molecular complexity index is 1110. The number of aliphatic hydroxyl groups is 1. The van der Waals surface area contributed by atoms with Crippen LogP contribution >= 0.6 is 0 Å². The van der Waals surface area contributed by atoms with Crippen molar-refractivity contribution in [1.82, 2.24) is 25.0 Å². The van der Waals surface area contributed by atoms with Crippen LogP contribution in [0.25, 0.3) is 11.3 Å². The average molecular weight is 464 g/mol. The highest BCUT2D eigenvalue weighted by Crippen LogP contribution is 2.39. The Labute approximate surface area is 198 Å². The van der Waals surface area contributed by atoms with Crippen LogP contribution in [0.3, 0.4) is 0 Å². The molecular weight excluding hydrogens is 434 g/mol. The fourth-order valence-corrected chi connectivity index (χ4v) is 4.49. The number of piperazine rings is 1. The maximum absolute atomic E-state index is 11.9. The minimum Gasteiger partial charge on any atom is -0.493 e. The topological polar surface area (TPSA) is 104 Å². The Morgan fingerprint density at radius 2 is 2.09 bits per heavy atom. The maximum atomic E-state index is 11.9. The number of hydrogen-bond donors (Lipinski definition) is 2. The Balaban J connectivity index is 1.14. The van der Waals surface area contributed by atoms with Crippen LogP contribution in [0.15, 0.2) is 48.8 Å². The largest absolute Gasteiger partial charge is 0.493 e. The van der Waals surface area contributed by atoms with Gasteiger partial charge >= 0.3 is 0 Å². The summed E-state index contributed by atoms with van der Waals surface area (Å²) in [7, 11) is 0. The molecule has 0 saturated carbocycles. The summed E-state index contributed by atoms with van der Waals surface area (Å²) in [5, 5.41) is 16.4. The number of aromatic amines is 1. The van der Waals surface area contributed by atoms with Crippen LogP contribution in [0.2, 0.25) is 0 Å². The number of H-pyrrole nitrogens is 1. The van der Waals surface area contributed by atoms with Gasteiger partial charge in [0, 0.05) is 67.8 Å². The van der Waals surface area contributed by atoms with Gasteiger partial charge in [0.2, 0.25) is 5.88 Å². The van der Waals surface area contributed by atoms with Gasteiger partial charge in [0.25, 0.3) is 5.91 Å². The molecule has 9 nitrogen and oxygen atoms in total. The van der Waals surface area contributed by atoms with E-state index in [9.17, 15) is 9.90 Å². The number of hydrogen-bond acceptors (Lipinski definition) is 7. The summed E-state index contributed by atoms with van der Waals surface area (Å²) in [4.78, 5) is 20.5. The summed E-state index contributed by atoms with van der Waals surface area (Å²) in [6.45, 7) is 6.14. The van der Waals surface area contributed by atoms with Gasteiger partial charge in [-0.1, -0.05) is 6.07 Å². The number of nitrogens with one attached hydrogen (secondary N) is 1. The SMILES string of the molecule is CC(O)C(=O)N1CCN(CCC2COc3cc(Oc4ccc(-c5ccn[nH]5)cn4)ccc32)CC1. The second-order valence-electron chi connectivity index (χ2n) is 8.80. The monoisotopic (exact) mass is 463 g/mol. The van der Waals surface area contributed by atoms with Gasteiger partial charge in [0.05, 0.1) is 12.3 Å². The van der Waals surface area contributed by atoms with Crippen molar-refractivity contribution >= 4 is 5.91 Å². The number of aromatic nitrogens is 3. The summed E-state index contributed by atoms with van der Waals surface area (Å²) < 4.78 is 11.9. The molecule has 3 aromatic rings. The summed E-state index contributed by atoms with van der Waals surface area (Å²) in [5.41, 5.74) is 3.06. The molecule has 0 aliphatic carbocycles. The van der Waals surface area contributed by atoms with Gasteiger partial charge in [0.15, 0.2) is 0 Å². The molecule has 2 atom stereocenters. The van der Waals surface area contributed by atoms with Crippen LogP contribution in [0, 0.1) is 0 Å². The Morgan fingerprint density at radius 3 is 2.79 bits per heavy atom. The van der Waals surface area contributed by atoms with Crippen molar-refractivity contribution in [3.8, 4) is 28.6 Å². The first-order valence-corrected chi connectivity index (χ1v) is 11.7. The van der Waals surface area contributed by atoms with Crippen molar-refractivity contribution in [3.63, 3.8) is 0 Å². The molecule has 0 bridgehead atoms. The lowest BCUT2D eigenvalue weighted by Crippen LogP contribution is -2.51. The molecule has 2 aromatic heterocycles. The molecule has 2 aliphatic rings. The molecule has 0 spiro atoms. The van der Waals surface area contributed by atoms with E-state index in [1.807, 2.05) is 30.3 Å². The number of nitrogens with zero attached hydrogens (tertiary/aromatic N) is 4. The van der Waals surface area contributed by atoms with Crippen molar-refractivity contribution in [1.29, 1.82) is 0 Å². The summed E-state index contributed by atoms with van der Waals surface area (Å²) >= 11 is 0. The fraction of sp³-hybridized carbons (Fsp3) is 0.400. The Morgan fingerprint density at radius 1 is 1.24 bits per heavy atom. The van der Waals surface area contributed by atoms with Crippen LogP contribution < -0.4 is 9.47 Å². The molecule has 2 unspecified atom stereocenters. The lowest BCUT2D eigenvalue weighted by molar-refractivity contribution is -0.141. The maximum Gasteiger partial charge on any atom is 0.251 e. The number of aliphatic hydroxyl groups excluding tert-OH is 1. The van der Waals surface area contributed by atoms with Crippen molar-refractivity contribution in [2.75, 3.05) is 39.3 Å². The molecule has 2 N–H and O–H groups in total. The van der Waals surface area contributed by atoms with Gasteiger partial charge in [-0.05, 0) is 38.1 Å². The zero-order valence-electron chi connectivity index (χ0n) is 19.2. The summed E-state index contributed by atoms with van der Waals surface area (Å²) in [6, 6.07) is 11.6. The molecule has 178 valence electrons. The number of carbonyl (C=O) groups excluding carboxylic acids is 1. The second kappa shape index (κ2) is 9.82. The molecule has 1 saturated heterocycles. The van der Waals surface area contributed by atoms with Crippen molar-refractivity contribution in [2.24, 2.45) is 0 Å². The molecule has 9 heteroatoms. The third-order valence-electron chi connectivity index (χ3n) is 6.47. The van der Waals surface area contributed by atoms with Crippen LogP contribution in [0.4, 0.5) is 0 Å². The Kier molecular flexibility index (Phi) is 6.46. The zero-order valence-corrected chi connectivity index (χ0v) is 19.2. The summed E-state index contributed by atoms with van der Waals surface area (Å²) in [5.74, 6) is 2.24. The predicted octanol–water partition coefficient (Wildman–Crippen LogP) is 2.66. The highest BCUT2D eigenvalue weighted by molar-refractivity contribution is 5.80. The number of amides is 1. The first kappa shape index (κ1) is 22.4. The standard InChI is InChI=1S/C25H29N5O4/c1-17(31)25(32)30-12-10-29(11-13-30)9-7-19-16-33-23-14-20(3-4-21(19)23)34-24-5-2-18(15-26-24)22-6-8-27-28-22/h2-6,8,14-15,17,19,31H,7,9-13,16H2,1H3,(H,27,28). The molecule has 1 aromatic carbocycles. The first-order valence-electron chi connectivity index (χ1n) is 11.7. The van der Waals surface area contributed by atoms with Crippen molar-refractivity contribution in [2.45, 2.75) is 25.4 Å². The van der Waals surface area contributed by atoms with E-state index < -0.39 is 6.10 Å². The number of fused-ring (bicyclic) bond motifs is 1. The van der Waals surface area contributed by atoms with Crippen LogP contribution in [-0.2, 0) is 4.79 Å². The van der Waals surface area contributed by atoms with Crippen LogP contribution in [0.5, 0.6) is 17.4 Å². The summed E-state index contributed by atoms with van der Waals surface area (Å²) in [6.07, 6.45) is 3.53. The zero-order chi connectivity index (χ0) is 23.5. The molecule has 1 fully saturated rings. The highest BCUT2D eigenvalue weighted by atomic mass is 16.5. The van der Waals surface area contributed by atoms with E-state index in [0.717, 1.165) is 43.1 Å². The Hall–Kier alpha value is -3.43. The van der Waals surface area contributed by atoms with Gasteiger partial charge in [-0.25, -0.2) is 4.98 Å². The minimum atomic E-state index is -0.926. The van der Waals surface area contributed by atoms with E-state index in [0.29, 0.717) is 37.2 Å². The number of pyridine rings is 1. The van der Waals surface area contributed by atoms with E-state index in [1.54, 1.807) is 17.3 Å².